The molecule has 7 heteroatoms. The predicted molar refractivity (Wildman–Crippen MR) is 122 cm³/mol. The van der Waals surface area contributed by atoms with Crippen LogP contribution >= 0.6 is 11.3 Å². The minimum absolute atomic E-state index is 0.0132. The van der Waals surface area contributed by atoms with Crippen LogP contribution < -0.4 is 5.32 Å². The molecule has 0 saturated carbocycles. The minimum atomic E-state index is -3.35. The molecule has 0 unspecified atom stereocenters. The number of piperidine rings is 1. The van der Waals surface area contributed by atoms with E-state index in [0.29, 0.717) is 32.5 Å². The average molecular weight is 443 g/mol. The standard InChI is InChI=1S/C23H26N2O3S2/c26-23(24-13-10-20-16-29-22-9-5-4-8-21(20)22)19-11-14-25(15-12-19)30(27,28)17-18-6-2-1-3-7-18/h1-9,16,19H,10-15,17H2,(H,24,26). The van der Waals surface area contributed by atoms with Gasteiger partial charge in [-0.15, -0.1) is 11.3 Å². The first-order valence-electron chi connectivity index (χ1n) is 10.3. The molecule has 2 aromatic carbocycles. The van der Waals surface area contributed by atoms with Crippen molar-refractivity contribution in [2.75, 3.05) is 19.6 Å². The smallest absolute Gasteiger partial charge is 0.223 e. The number of hydrogen-bond donors (Lipinski definition) is 1. The van der Waals surface area contributed by atoms with E-state index in [1.54, 1.807) is 11.3 Å². The van der Waals surface area contributed by atoms with Crippen molar-refractivity contribution < 1.29 is 13.2 Å². The van der Waals surface area contributed by atoms with Gasteiger partial charge in [0.05, 0.1) is 5.75 Å². The Morgan fingerprint density at radius 2 is 1.73 bits per heavy atom. The van der Waals surface area contributed by atoms with E-state index in [9.17, 15) is 13.2 Å². The molecule has 1 aliphatic heterocycles. The lowest BCUT2D eigenvalue weighted by molar-refractivity contribution is -0.126. The third-order valence-electron chi connectivity index (χ3n) is 5.66. The fourth-order valence-electron chi connectivity index (χ4n) is 3.96. The Bertz CT molecular complexity index is 1100. The number of nitrogens with one attached hydrogen (secondary N) is 1. The summed E-state index contributed by atoms with van der Waals surface area (Å²) in [7, 11) is -3.35. The highest BCUT2D eigenvalue weighted by atomic mass is 32.2. The molecule has 1 saturated heterocycles. The van der Waals surface area contributed by atoms with Crippen LogP contribution in [0, 0.1) is 5.92 Å². The number of nitrogens with zero attached hydrogens (tertiary/aromatic N) is 1. The average Bonchev–Trinajstić information content (AvgIpc) is 3.17. The summed E-state index contributed by atoms with van der Waals surface area (Å²) in [5, 5.41) is 6.46. The molecule has 1 N–H and O–H groups in total. The molecule has 30 heavy (non-hydrogen) atoms. The Kier molecular flexibility index (Phi) is 6.51. The van der Waals surface area contributed by atoms with Crippen LogP contribution in [-0.4, -0.2) is 38.3 Å². The predicted octanol–water partition coefficient (Wildman–Crippen LogP) is 3.80. The summed E-state index contributed by atoms with van der Waals surface area (Å²) >= 11 is 1.73. The van der Waals surface area contributed by atoms with Crippen LogP contribution in [0.5, 0.6) is 0 Å². The number of sulfonamides is 1. The van der Waals surface area contributed by atoms with E-state index in [0.717, 1.165) is 12.0 Å². The normalized spacial score (nSPS) is 16.0. The van der Waals surface area contributed by atoms with Gasteiger partial charge in [-0.05, 0) is 47.2 Å². The number of thiophene rings is 1. The van der Waals surface area contributed by atoms with Crippen molar-refractivity contribution in [2.45, 2.75) is 25.0 Å². The first-order valence-corrected chi connectivity index (χ1v) is 12.8. The van der Waals surface area contributed by atoms with Crippen molar-refractivity contribution in [1.29, 1.82) is 0 Å². The van der Waals surface area contributed by atoms with Crippen molar-refractivity contribution in [3.05, 3.63) is 71.1 Å². The summed E-state index contributed by atoms with van der Waals surface area (Å²) in [5.41, 5.74) is 2.05. The van der Waals surface area contributed by atoms with E-state index in [4.69, 9.17) is 0 Å². The molecule has 0 radical (unpaired) electrons. The Hall–Kier alpha value is -2.22. The summed E-state index contributed by atoms with van der Waals surface area (Å²) in [5.74, 6) is -0.0683. The van der Waals surface area contributed by atoms with Gasteiger partial charge >= 0.3 is 0 Å². The van der Waals surface area contributed by atoms with Gasteiger partial charge in [0.1, 0.15) is 0 Å². The van der Waals surface area contributed by atoms with Crippen molar-refractivity contribution in [1.82, 2.24) is 9.62 Å². The number of amides is 1. The maximum Gasteiger partial charge on any atom is 0.223 e. The molecule has 0 aliphatic carbocycles. The Morgan fingerprint density at radius 1 is 1.03 bits per heavy atom. The Balaban J connectivity index is 1.25. The number of fused-ring (bicyclic) bond motifs is 1. The molecule has 0 bridgehead atoms. The second-order valence-corrected chi connectivity index (χ2v) is 10.6. The fourth-order valence-corrected chi connectivity index (χ4v) is 6.52. The minimum Gasteiger partial charge on any atom is -0.356 e. The van der Waals surface area contributed by atoms with Gasteiger partial charge < -0.3 is 5.32 Å². The maximum atomic E-state index is 12.7. The summed E-state index contributed by atoms with van der Waals surface area (Å²) in [6.45, 7) is 1.41. The number of carbonyl (C=O) groups excluding carboxylic acids is 1. The van der Waals surface area contributed by atoms with Crippen molar-refractivity contribution in [3.8, 4) is 0 Å². The molecule has 1 aromatic heterocycles. The van der Waals surface area contributed by atoms with E-state index in [2.05, 4.69) is 22.8 Å². The SMILES string of the molecule is O=C(NCCc1csc2ccccc12)C1CCN(S(=O)(=O)Cc2ccccc2)CC1. The van der Waals surface area contributed by atoms with E-state index in [1.165, 1.54) is 20.0 Å². The molecule has 2 heterocycles. The van der Waals surface area contributed by atoms with Crippen LogP contribution in [0.4, 0.5) is 0 Å². The van der Waals surface area contributed by atoms with Crippen LogP contribution in [0.3, 0.4) is 0 Å². The molecular weight excluding hydrogens is 416 g/mol. The van der Waals surface area contributed by atoms with Crippen LogP contribution in [0.25, 0.3) is 10.1 Å². The topological polar surface area (TPSA) is 66.5 Å². The lowest BCUT2D eigenvalue weighted by atomic mass is 9.97. The fraction of sp³-hybridized carbons (Fsp3) is 0.348. The molecular formula is C23H26N2O3S2. The lowest BCUT2D eigenvalue weighted by Gasteiger charge is -2.30. The summed E-state index contributed by atoms with van der Waals surface area (Å²) in [4.78, 5) is 12.6. The van der Waals surface area contributed by atoms with Crippen molar-refractivity contribution in [3.63, 3.8) is 0 Å². The van der Waals surface area contributed by atoms with Gasteiger partial charge in [-0.2, -0.15) is 0 Å². The molecule has 3 aromatic rings. The monoisotopic (exact) mass is 442 g/mol. The Morgan fingerprint density at radius 3 is 2.50 bits per heavy atom. The second-order valence-electron chi connectivity index (χ2n) is 7.71. The van der Waals surface area contributed by atoms with Gasteiger partial charge in [0.15, 0.2) is 0 Å². The zero-order valence-corrected chi connectivity index (χ0v) is 18.4. The van der Waals surface area contributed by atoms with Gasteiger partial charge in [0.2, 0.25) is 15.9 Å². The third-order valence-corrected chi connectivity index (χ3v) is 8.53. The highest BCUT2D eigenvalue weighted by Crippen LogP contribution is 2.26. The number of benzene rings is 2. The molecule has 4 rings (SSSR count). The largest absolute Gasteiger partial charge is 0.356 e. The summed E-state index contributed by atoms with van der Waals surface area (Å²) < 4.78 is 28.1. The maximum absolute atomic E-state index is 12.7. The molecule has 1 amide bonds. The van der Waals surface area contributed by atoms with Gasteiger partial charge in [-0.3, -0.25) is 4.79 Å². The number of hydrogen-bond acceptors (Lipinski definition) is 4. The van der Waals surface area contributed by atoms with Gasteiger partial charge in [-0.25, -0.2) is 12.7 Å². The van der Waals surface area contributed by atoms with Crippen LogP contribution in [0.15, 0.2) is 60.0 Å². The van der Waals surface area contributed by atoms with E-state index in [-0.39, 0.29) is 17.6 Å². The van der Waals surface area contributed by atoms with E-state index < -0.39 is 10.0 Å². The van der Waals surface area contributed by atoms with E-state index >= 15 is 0 Å². The van der Waals surface area contributed by atoms with Crippen LogP contribution in [-0.2, 0) is 27.0 Å². The molecule has 1 fully saturated rings. The van der Waals surface area contributed by atoms with Crippen molar-refractivity contribution >= 4 is 37.4 Å². The first kappa shape index (κ1) is 21.0. The highest BCUT2D eigenvalue weighted by molar-refractivity contribution is 7.88. The number of rotatable bonds is 7. The number of carbonyl (C=O) groups is 1. The summed E-state index contributed by atoms with van der Waals surface area (Å²) in [6, 6.07) is 17.5. The van der Waals surface area contributed by atoms with Gasteiger partial charge in [0, 0.05) is 30.3 Å². The zero-order valence-electron chi connectivity index (χ0n) is 16.8. The molecule has 158 valence electrons. The zero-order chi connectivity index (χ0) is 21.0. The lowest BCUT2D eigenvalue weighted by Crippen LogP contribution is -2.43. The van der Waals surface area contributed by atoms with Gasteiger partial charge in [0.25, 0.3) is 0 Å². The van der Waals surface area contributed by atoms with E-state index in [1.807, 2.05) is 42.5 Å². The van der Waals surface area contributed by atoms with Gasteiger partial charge in [-0.1, -0.05) is 48.5 Å². The van der Waals surface area contributed by atoms with Crippen LogP contribution in [0.2, 0.25) is 0 Å². The first-order chi connectivity index (χ1) is 14.5. The molecule has 1 aliphatic rings. The molecule has 0 atom stereocenters. The Labute approximate surface area is 181 Å². The van der Waals surface area contributed by atoms with Crippen molar-refractivity contribution in [2.24, 2.45) is 5.92 Å². The molecule has 0 spiro atoms. The third kappa shape index (κ3) is 4.91. The second kappa shape index (κ2) is 9.29. The quantitative estimate of drug-likeness (QED) is 0.605. The summed E-state index contributed by atoms with van der Waals surface area (Å²) in [6.07, 6.45) is 1.95. The molecule has 5 nitrogen and oxygen atoms in total. The highest BCUT2D eigenvalue weighted by Gasteiger charge is 2.31. The van der Waals surface area contributed by atoms with Crippen LogP contribution in [0.1, 0.15) is 24.0 Å².